The molecule has 1 heterocycles. The number of carboxylic acids is 1. The molecule has 0 radical (unpaired) electrons. The minimum Gasteiger partial charge on any atom is -0.476 e. The lowest BCUT2D eigenvalue weighted by Gasteiger charge is -2.09. The highest BCUT2D eigenvalue weighted by molar-refractivity contribution is 5.86. The molecule has 0 spiro atoms. The van der Waals surface area contributed by atoms with E-state index in [1.807, 2.05) is 5.43 Å². The lowest BCUT2D eigenvalue weighted by Crippen LogP contribution is -2.31. The van der Waals surface area contributed by atoms with Crippen molar-refractivity contribution in [3.63, 3.8) is 0 Å². The molecular formula is C12H12N4O3. The molecule has 0 aliphatic heterocycles. The number of carbonyl (C=O) groups is 1. The van der Waals surface area contributed by atoms with Gasteiger partial charge in [-0.25, -0.2) is 4.79 Å². The molecule has 0 saturated carbocycles. The third-order valence-electron chi connectivity index (χ3n) is 2.44. The summed E-state index contributed by atoms with van der Waals surface area (Å²) in [4.78, 5) is 14.8. The maximum Gasteiger partial charge on any atom is 0.358 e. The van der Waals surface area contributed by atoms with Crippen LogP contribution >= 0.6 is 0 Å². The number of fused-ring (bicyclic) bond motifs is 1. The zero-order chi connectivity index (χ0) is 13.8. The summed E-state index contributed by atoms with van der Waals surface area (Å²) in [5.41, 5.74) is 7.10. The Labute approximate surface area is 108 Å². The van der Waals surface area contributed by atoms with Gasteiger partial charge in [0.2, 0.25) is 5.88 Å². The van der Waals surface area contributed by atoms with Crippen LogP contribution in [0.3, 0.4) is 0 Å². The Kier molecular flexibility index (Phi) is 3.48. The lowest BCUT2D eigenvalue weighted by molar-refractivity contribution is -0.133. The van der Waals surface area contributed by atoms with Crippen LogP contribution in [0.25, 0.3) is 10.8 Å². The number of hydrogen-bond donors (Lipinski definition) is 4. The van der Waals surface area contributed by atoms with E-state index in [1.165, 1.54) is 0 Å². The number of benzene rings is 1. The van der Waals surface area contributed by atoms with Crippen LogP contribution in [0.2, 0.25) is 0 Å². The molecule has 7 heteroatoms. The molecule has 6 N–H and O–H groups in total. The van der Waals surface area contributed by atoms with Gasteiger partial charge in [-0.1, -0.05) is 0 Å². The third kappa shape index (κ3) is 2.72. The first-order valence-corrected chi connectivity index (χ1v) is 5.33. The van der Waals surface area contributed by atoms with Gasteiger partial charge >= 0.3 is 5.97 Å². The fourth-order valence-corrected chi connectivity index (χ4v) is 1.54. The monoisotopic (exact) mass is 260 g/mol. The summed E-state index contributed by atoms with van der Waals surface area (Å²) in [6, 6.07) is 6.98. The maximum absolute atomic E-state index is 10.8. The number of nitrogens with one attached hydrogen (secondary N) is 1. The van der Waals surface area contributed by atoms with Crippen LogP contribution in [0.5, 0.6) is 5.75 Å². The highest BCUT2D eigenvalue weighted by atomic mass is 16.5. The molecule has 1 aromatic heterocycles. The molecule has 0 aliphatic carbocycles. The second-order valence-electron chi connectivity index (χ2n) is 3.68. The zero-order valence-electron chi connectivity index (χ0n) is 9.83. The van der Waals surface area contributed by atoms with Gasteiger partial charge in [0.05, 0.1) is 0 Å². The van der Waals surface area contributed by atoms with Gasteiger partial charge in [-0.15, -0.1) is 0 Å². The Hall–Kier alpha value is -2.80. The van der Waals surface area contributed by atoms with Crippen LogP contribution in [0.1, 0.15) is 0 Å². The number of pyridine rings is 1. The van der Waals surface area contributed by atoms with Crippen LogP contribution in [0, 0.1) is 0 Å². The van der Waals surface area contributed by atoms with Gasteiger partial charge in [0, 0.05) is 17.8 Å². The number of carboxylic acid groups (broad SMARTS) is 1. The molecule has 0 unspecified atom stereocenters. The first-order valence-electron chi connectivity index (χ1n) is 5.33. The molecule has 1 aromatic carbocycles. The van der Waals surface area contributed by atoms with Gasteiger partial charge in [0.15, 0.2) is 5.70 Å². The van der Waals surface area contributed by atoms with Crippen LogP contribution in [-0.4, -0.2) is 16.1 Å². The van der Waals surface area contributed by atoms with Crippen LogP contribution in [-0.2, 0) is 4.79 Å². The number of hydrogen-bond acceptors (Lipinski definition) is 6. The second-order valence-corrected chi connectivity index (χ2v) is 3.68. The van der Waals surface area contributed by atoms with E-state index in [1.54, 1.807) is 36.7 Å². The second kappa shape index (κ2) is 5.23. The number of aromatic nitrogens is 1. The van der Waals surface area contributed by atoms with E-state index in [2.05, 4.69) is 4.98 Å². The summed E-state index contributed by atoms with van der Waals surface area (Å²) in [5, 5.41) is 10.7. The highest BCUT2D eigenvalue weighted by Gasteiger charge is 2.12. The van der Waals surface area contributed by atoms with E-state index >= 15 is 0 Å². The van der Waals surface area contributed by atoms with Gasteiger partial charge in [-0.3, -0.25) is 10.8 Å². The Morgan fingerprint density at radius 2 is 2.11 bits per heavy atom. The van der Waals surface area contributed by atoms with E-state index in [9.17, 15) is 4.79 Å². The van der Waals surface area contributed by atoms with Crippen LogP contribution in [0.15, 0.2) is 48.2 Å². The van der Waals surface area contributed by atoms with E-state index in [0.29, 0.717) is 5.75 Å². The topological polar surface area (TPSA) is 123 Å². The van der Waals surface area contributed by atoms with Gasteiger partial charge in [0.1, 0.15) is 5.75 Å². The average Bonchev–Trinajstić information content (AvgIpc) is 2.39. The summed E-state index contributed by atoms with van der Waals surface area (Å²) in [5.74, 6) is 3.85. The number of aliphatic carboxylic acids is 1. The Morgan fingerprint density at radius 1 is 1.32 bits per heavy atom. The summed E-state index contributed by atoms with van der Waals surface area (Å²) >= 11 is 0. The van der Waals surface area contributed by atoms with E-state index in [-0.39, 0.29) is 5.88 Å². The lowest BCUT2D eigenvalue weighted by atomic mass is 10.2. The molecule has 2 rings (SSSR count). The molecule has 0 bridgehead atoms. The summed E-state index contributed by atoms with van der Waals surface area (Å²) in [7, 11) is 0. The van der Waals surface area contributed by atoms with Crippen LogP contribution in [0.4, 0.5) is 0 Å². The van der Waals surface area contributed by atoms with E-state index in [0.717, 1.165) is 10.8 Å². The third-order valence-corrected chi connectivity index (χ3v) is 2.44. The van der Waals surface area contributed by atoms with Gasteiger partial charge in [-0.05, 0) is 29.7 Å². The van der Waals surface area contributed by atoms with Crippen LogP contribution < -0.4 is 21.7 Å². The Morgan fingerprint density at radius 3 is 2.79 bits per heavy atom. The molecule has 0 aliphatic rings. The minimum absolute atomic E-state index is 0.316. The normalized spacial score (nSPS) is 11.8. The van der Waals surface area contributed by atoms with Crippen molar-refractivity contribution in [1.82, 2.24) is 10.4 Å². The van der Waals surface area contributed by atoms with Crippen molar-refractivity contribution in [3.05, 3.63) is 48.2 Å². The predicted octanol–water partition coefficient (Wildman–Crippen LogP) is 0.289. The van der Waals surface area contributed by atoms with E-state index < -0.39 is 11.7 Å². The van der Waals surface area contributed by atoms with Gasteiger partial charge in [-0.2, -0.15) is 0 Å². The van der Waals surface area contributed by atoms with Crippen molar-refractivity contribution in [1.29, 1.82) is 0 Å². The molecule has 0 amide bonds. The maximum atomic E-state index is 10.8. The molecule has 2 aromatic rings. The standard InChI is InChI=1S/C12H12N4O3/c13-11(10(16-14)12(17)18)19-9-2-1-8-6-15-4-3-7(8)5-9/h1-6,16H,13-14H2,(H,17,18)/b11-10+. The van der Waals surface area contributed by atoms with Crippen molar-refractivity contribution in [3.8, 4) is 5.75 Å². The van der Waals surface area contributed by atoms with Crippen molar-refractivity contribution in [2.75, 3.05) is 0 Å². The number of ether oxygens (including phenoxy) is 1. The van der Waals surface area contributed by atoms with E-state index in [4.69, 9.17) is 21.4 Å². The largest absolute Gasteiger partial charge is 0.476 e. The summed E-state index contributed by atoms with van der Waals surface area (Å²) in [6.07, 6.45) is 3.36. The van der Waals surface area contributed by atoms with Crippen molar-refractivity contribution in [2.45, 2.75) is 0 Å². The Bertz CT molecular complexity index is 654. The molecule has 0 fully saturated rings. The molecule has 7 nitrogen and oxygen atoms in total. The number of rotatable bonds is 4. The number of hydrazine groups is 1. The fraction of sp³-hybridized carbons (Fsp3) is 0. The molecule has 98 valence electrons. The molecular weight excluding hydrogens is 248 g/mol. The Balaban J connectivity index is 2.33. The first-order chi connectivity index (χ1) is 9.11. The smallest absolute Gasteiger partial charge is 0.358 e. The molecule has 19 heavy (non-hydrogen) atoms. The first kappa shape index (κ1) is 12.7. The van der Waals surface area contributed by atoms with Crippen molar-refractivity contribution < 1.29 is 14.6 Å². The van der Waals surface area contributed by atoms with Crippen molar-refractivity contribution >= 4 is 16.7 Å². The summed E-state index contributed by atoms with van der Waals surface area (Å²) in [6.45, 7) is 0. The quantitative estimate of drug-likeness (QED) is 0.269. The molecule has 0 saturated heterocycles. The number of nitrogens with zero attached hydrogens (tertiary/aromatic N) is 1. The highest BCUT2D eigenvalue weighted by Crippen LogP contribution is 2.21. The van der Waals surface area contributed by atoms with Gasteiger partial charge < -0.3 is 21.0 Å². The van der Waals surface area contributed by atoms with Crippen molar-refractivity contribution in [2.24, 2.45) is 11.6 Å². The minimum atomic E-state index is -1.30. The average molecular weight is 260 g/mol. The molecule has 0 atom stereocenters. The predicted molar refractivity (Wildman–Crippen MR) is 68.5 cm³/mol. The summed E-state index contributed by atoms with van der Waals surface area (Å²) < 4.78 is 5.25. The SMILES string of the molecule is NN/C(C(=O)O)=C(\N)Oc1ccc2cnccc2c1. The fourth-order valence-electron chi connectivity index (χ4n) is 1.54. The number of nitrogens with two attached hydrogens (primary N) is 2. The van der Waals surface area contributed by atoms with Gasteiger partial charge in [0.25, 0.3) is 0 Å². The zero-order valence-corrected chi connectivity index (χ0v) is 9.83.